The molecule has 1 aliphatic rings. The Hall–Kier alpha value is -3.43. The molecule has 0 unspecified atom stereocenters. The second-order valence-corrected chi connectivity index (χ2v) is 9.01. The number of rotatable bonds is 5. The first-order valence-electron chi connectivity index (χ1n) is 9.66. The lowest BCUT2D eigenvalue weighted by molar-refractivity contribution is -0.385. The van der Waals surface area contributed by atoms with Crippen LogP contribution < -0.4 is 9.80 Å². The third-order valence-corrected chi connectivity index (χ3v) is 6.39. The van der Waals surface area contributed by atoms with Crippen LogP contribution in [0.15, 0.2) is 63.9 Å². The summed E-state index contributed by atoms with van der Waals surface area (Å²) in [5.41, 5.74) is 2.91. The van der Waals surface area contributed by atoms with Crippen molar-refractivity contribution >= 4 is 57.3 Å². The Morgan fingerprint density at radius 3 is 2.50 bits per heavy atom. The van der Waals surface area contributed by atoms with E-state index in [-0.39, 0.29) is 11.6 Å². The van der Waals surface area contributed by atoms with Crippen LogP contribution in [0.3, 0.4) is 0 Å². The molecule has 1 amide bonds. The van der Waals surface area contributed by atoms with Gasteiger partial charge >= 0.3 is 0 Å². The molecule has 0 bridgehead atoms. The van der Waals surface area contributed by atoms with Crippen molar-refractivity contribution in [2.24, 2.45) is 0 Å². The smallest absolute Gasteiger partial charge is 0.273 e. The fraction of sp³-hybridized carbons (Fsp3) is 0.130. The topological polar surface area (TPSA) is 79.8 Å². The second kappa shape index (κ2) is 8.60. The molecule has 4 rings (SSSR count). The van der Waals surface area contributed by atoms with Crippen LogP contribution in [0.5, 0.6) is 0 Å². The molecule has 1 aromatic heterocycles. The van der Waals surface area contributed by atoms with E-state index in [0.717, 1.165) is 5.69 Å². The molecular formula is C23H19N3O4S2. The maximum atomic E-state index is 13.0. The third-order valence-electron chi connectivity index (χ3n) is 5.09. The normalized spacial score (nSPS) is 15.0. The van der Waals surface area contributed by atoms with Gasteiger partial charge in [0.1, 0.15) is 11.5 Å². The molecule has 2 aromatic carbocycles. The van der Waals surface area contributed by atoms with Crippen LogP contribution in [0.2, 0.25) is 0 Å². The van der Waals surface area contributed by atoms with E-state index in [1.54, 1.807) is 37.3 Å². The van der Waals surface area contributed by atoms with Crippen LogP contribution in [-0.4, -0.2) is 29.2 Å². The van der Waals surface area contributed by atoms with Gasteiger partial charge < -0.3 is 9.32 Å². The number of amides is 1. The maximum absolute atomic E-state index is 13.0. The van der Waals surface area contributed by atoms with E-state index >= 15 is 0 Å². The summed E-state index contributed by atoms with van der Waals surface area (Å²) in [7, 11) is 3.90. The molecule has 0 radical (unpaired) electrons. The lowest BCUT2D eigenvalue weighted by Gasteiger charge is -2.17. The Morgan fingerprint density at radius 1 is 1.12 bits per heavy atom. The van der Waals surface area contributed by atoms with E-state index in [0.29, 0.717) is 37.6 Å². The highest BCUT2D eigenvalue weighted by molar-refractivity contribution is 8.27. The molecule has 1 saturated heterocycles. The number of hydrogen-bond acceptors (Lipinski definition) is 7. The van der Waals surface area contributed by atoms with Gasteiger partial charge in [-0.25, -0.2) is 0 Å². The molecule has 9 heteroatoms. The Kier molecular flexibility index (Phi) is 5.86. The van der Waals surface area contributed by atoms with E-state index in [9.17, 15) is 14.9 Å². The van der Waals surface area contributed by atoms with Crippen LogP contribution in [0, 0.1) is 17.0 Å². The van der Waals surface area contributed by atoms with Gasteiger partial charge in [0.15, 0.2) is 4.32 Å². The standard InChI is InChI=1S/C23H19N3O4S2/c1-14-18(5-4-6-19(14)26(28)29)20-12-11-17(30-20)13-21-22(27)25(23(31)32-21)16-9-7-15(8-10-16)24(2)3/h4-13H,1-3H3/b21-13+. The highest BCUT2D eigenvalue weighted by Gasteiger charge is 2.33. The quantitative estimate of drug-likeness (QED) is 0.209. The first-order valence-corrected chi connectivity index (χ1v) is 10.9. The zero-order chi connectivity index (χ0) is 23.0. The number of benzene rings is 2. The Morgan fingerprint density at radius 2 is 1.84 bits per heavy atom. The van der Waals surface area contributed by atoms with Gasteiger partial charge in [-0.2, -0.15) is 0 Å². The zero-order valence-electron chi connectivity index (χ0n) is 17.6. The number of furan rings is 1. The lowest BCUT2D eigenvalue weighted by atomic mass is 10.1. The summed E-state index contributed by atoms with van der Waals surface area (Å²) in [4.78, 5) is 27.7. The van der Waals surface area contributed by atoms with Crippen LogP contribution in [-0.2, 0) is 4.79 Å². The maximum Gasteiger partial charge on any atom is 0.273 e. The van der Waals surface area contributed by atoms with Crippen molar-refractivity contribution in [3.63, 3.8) is 0 Å². The molecule has 1 fully saturated rings. The average molecular weight is 466 g/mol. The summed E-state index contributed by atoms with van der Waals surface area (Å²) in [6, 6.07) is 15.9. The van der Waals surface area contributed by atoms with Crippen molar-refractivity contribution < 1.29 is 14.1 Å². The van der Waals surface area contributed by atoms with Crippen molar-refractivity contribution in [3.05, 3.63) is 80.9 Å². The van der Waals surface area contributed by atoms with E-state index in [1.165, 1.54) is 22.7 Å². The van der Waals surface area contributed by atoms with E-state index in [4.69, 9.17) is 16.6 Å². The van der Waals surface area contributed by atoms with Gasteiger partial charge in [-0.05, 0) is 43.3 Å². The van der Waals surface area contributed by atoms with Crippen molar-refractivity contribution in [2.75, 3.05) is 23.9 Å². The van der Waals surface area contributed by atoms with E-state index < -0.39 is 4.92 Å². The molecule has 162 valence electrons. The fourth-order valence-electron chi connectivity index (χ4n) is 3.38. The molecular weight excluding hydrogens is 446 g/mol. The lowest BCUT2D eigenvalue weighted by Crippen LogP contribution is -2.27. The molecule has 3 aromatic rings. The van der Waals surface area contributed by atoms with Gasteiger partial charge in [0.05, 0.1) is 15.5 Å². The fourth-order valence-corrected chi connectivity index (χ4v) is 4.66. The minimum Gasteiger partial charge on any atom is -0.457 e. The predicted molar refractivity (Wildman–Crippen MR) is 132 cm³/mol. The SMILES string of the molecule is Cc1c(-c2ccc(/C=C3/SC(=S)N(c4ccc(N(C)C)cc4)C3=O)o2)cccc1[N+](=O)[O-]. The van der Waals surface area contributed by atoms with Gasteiger partial charge in [-0.15, -0.1) is 0 Å². The number of hydrogen-bond donors (Lipinski definition) is 0. The number of thiocarbonyl (C=S) groups is 1. The molecule has 0 aliphatic carbocycles. The number of nitrogens with zero attached hydrogens (tertiary/aromatic N) is 3. The molecule has 7 nitrogen and oxygen atoms in total. The molecule has 1 aliphatic heterocycles. The van der Waals surface area contributed by atoms with Crippen LogP contribution in [0.25, 0.3) is 17.4 Å². The van der Waals surface area contributed by atoms with Crippen molar-refractivity contribution in [2.45, 2.75) is 6.92 Å². The first kappa shape index (κ1) is 21.8. The molecule has 0 N–H and O–H groups in total. The summed E-state index contributed by atoms with van der Waals surface area (Å²) in [5, 5.41) is 11.2. The van der Waals surface area contributed by atoms with Crippen molar-refractivity contribution in [3.8, 4) is 11.3 Å². The molecule has 32 heavy (non-hydrogen) atoms. The van der Waals surface area contributed by atoms with Gasteiger partial charge in [-0.3, -0.25) is 19.8 Å². The monoisotopic (exact) mass is 465 g/mol. The first-order chi connectivity index (χ1) is 15.3. The summed E-state index contributed by atoms with van der Waals surface area (Å²) < 4.78 is 6.33. The summed E-state index contributed by atoms with van der Waals surface area (Å²) in [6.07, 6.45) is 1.64. The highest BCUT2D eigenvalue weighted by Crippen LogP contribution is 2.37. The summed E-state index contributed by atoms with van der Waals surface area (Å²) >= 11 is 6.64. The minimum atomic E-state index is -0.418. The predicted octanol–water partition coefficient (Wildman–Crippen LogP) is 5.64. The summed E-state index contributed by atoms with van der Waals surface area (Å²) in [5.74, 6) is 0.739. The van der Waals surface area contributed by atoms with Gasteiger partial charge in [0, 0.05) is 43.1 Å². The Balaban J connectivity index is 1.60. The zero-order valence-corrected chi connectivity index (χ0v) is 19.2. The van der Waals surface area contributed by atoms with E-state index in [1.807, 2.05) is 43.3 Å². The van der Waals surface area contributed by atoms with Crippen LogP contribution in [0.1, 0.15) is 11.3 Å². The van der Waals surface area contributed by atoms with Crippen LogP contribution >= 0.6 is 24.0 Å². The second-order valence-electron chi connectivity index (χ2n) is 7.34. The van der Waals surface area contributed by atoms with Crippen molar-refractivity contribution in [1.29, 1.82) is 0 Å². The average Bonchev–Trinajstić information content (AvgIpc) is 3.32. The number of carbonyl (C=O) groups is 1. The molecule has 2 heterocycles. The molecule has 0 spiro atoms. The number of carbonyl (C=O) groups excluding carboxylic acids is 1. The molecule has 0 atom stereocenters. The number of nitro groups is 1. The van der Waals surface area contributed by atoms with Crippen LogP contribution in [0.4, 0.5) is 17.1 Å². The largest absolute Gasteiger partial charge is 0.457 e. The van der Waals surface area contributed by atoms with Gasteiger partial charge in [0.2, 0.25) is 0 Å². The van der Waals surface area contributed by atoms with E-state index in [2.05, 4.69) is 0 Å². The third kappa shape index (κ3) is 4.04. The minimum absolute atomic E-state index is 0.0293. The Labute approximate surface area is 194 Å². The summed E-state index contributed by atoms with van der Waals surface area (Å²) in [6.45, 7) is 1.68. The number of thioether (sulfide) groups is 1. The number of anilines is 2. The van der Waals surface area contributed by atoms with Gasteiger partial charge in [-0.1, -0.05) is 36.1 Å². The molecule has 0 saturated carbocycles. The van der Waals surface area contributed by atoms with Crippen molar-refractivity contribution in [1.82, 2.24) is 0 Å². The highest BCUT2D eigenvalue weighted by atomic mass is 32.2. The Bertz CT molecular complexity index is 1260. The van der Waals surface area contributed by atoms with Gasteiger partial charge in [0.25, 0.3) is 11.6 Å². The number of nitro benzene ring substituents is 1.